The first-order chi connectivity index (χ1) is 5.75. The van der Waals surface area contributed by atoms with Crippen molar-refractivity contribution in [3.05, 3.63) is 0 Å². The van der Waals surface area contributed by atoms with Gasteiger partial charge in [0.2, 0.25) is 0 Å². The second kappa shape index (κ2) is 4.00. The van der Waals surface area contributed by atoms with Crippen LogP contribution in [0.25, 0.3) is 0 Å². The Bertz CT molecular complexity index is 185. The lowest BCUT2D eigenvalue weighted by Gasteiger charge is -2.26. The third-order valence-electron chi connectivity index (χ3n) is 1.28. The van der Waals surface area contributed by atoms with Crippen LogP contribution in [0.2, 0.25) is 0 Å². The molecule has 5 heteroatoms. The molecule has 0 rings (SSSR count). The van der Waals surface area contributed by atoms with Gasteiger partial charge in [-0.1, -0.05) is 0 Å². The first kappa shape index (κ1) is 12.3. The van der Waals surface area contributed by atoms with Crippen LogP contribution >= 0.6 is 0 Å². The summed E-state index contributed by atoms with van der Waals surface area (Å²) < 4.78 is 29.1. The maximum absolute atomic E-state index is 12.2. The fourth-order valence-electron chi connectivity index (χ4n) is 0.525. The minimum Gasteiger partial charge on any atom is -0.458 e. The highest BCUT2D eigenvalue weighted by Gasteiger charge is 2.38. The Morgan fingerprint density at radius 2 is 1.69 bits per heavy atom. The number of hydrogen-bond acceptors (Lipinski definition) is 3. The average Bonchev–Trinajstić information content (AvgIpc) is 2.00. The smallest absolute Gasteiger partial charge is 0.332 e. The van der Waals surface area contributed by atoms with Crippen LogP contribution in [0.15, 0.2) is 0 Å². The van der Waals surface area contributed by atoms with Crippen LogP contribution in [-0.2, 0) is 9.53 Å². The zero-order chi connectivity index (χ0) is 10.7. The first-order valence-electron chi connectivity index (χ1n) is 3.89. The van der Waals surface area contributed by atoms with Crippen molar-refractivity contribution in [3.8, 4) is 0 Å². The maximum Gasteiger partial charge on any atom is 0.332 e. The first-order valence-corrected chi connectivity index (χ1v) is 3.89. The largest absolute Gasteiger partial charge is 0.458 e. The summed E-state index contributed by atoms with van der Waals surface area (Å²) in [7, 11) is 0. The van der Waals surface area contributed by atoms with Crippen molar-refractivity contribution >= 4 is 5.97 Å². The summed E-state index contributed by atoms with van der Waals surface area (Å²) in [4.78, 5) is 11.1. The second-order valence-electron chi connectivity index (χ2n) is 3.93. The van der Waals surface area contributed by atoms with E-state index in [1.807, 2.05) is 0 Å². The molecule has 0 unspecified atom stereocenters. The number of carbonyl (C=O) groups excluding carboxylic acids is 1. The average molecular weight is 195 g/mol. The van der Waals surface area contributed by atoms with Crippen LogP contribution in [0.4, 0.5) is 8.78 Å². The SMILES string of the molecule is CC(C)(C)OC(=O)C(N)(CF)CF. The van der Waals surface area contributed by atoms with E-state index in [1.165, 1.54) is 0 Å². The van der Waals surface area contributed by atoms with Crippen LogP contribution in [0, 0.1) is 0 Å². The van der Waals surface area contributed by atoms with Gasteiger partial charge in [0.25, 0.3) is 0 Å². The van der Waals surface area contributed by atoms with E-state index in [2.05, 4.69) is 0 Å². The lowest BCUT2D eigenvalue weighted by Crippen LogP contribution is -2.54. The molecule has 0 saturated heterocycles. The van der Waals surface area contributed by atoms with E-state index in [9.17, 15) is 13.6 Å². The predicted octanol–water partition coefficient (Wildman–Crippen LogP) is 0.965. The van der Waals surface area contributed by atoms with E-state index in [4.69, 9.17) is 10.5 Å². The van der Waals surface area contributed by atoms with Crippen molar-refractivity contribution in [2.75, 3.05) is 13.3 Å². The molecule has 0 aromatic carbocycles. The molecule has 0 radical (unpaired) electrons. The zero-order valence-corrected chi connectivity index (χ0v) is 8.06. The summed E-state index contributed by atoms with van der Waals surface area (Å²) in [6.07, 6.45) is 0. The minimum absolute atomic E-state index is 0.786. The van der Waals surface area contributed by atoms with Gasteiger partial charge >= 0.3 is 5.97 Å². The fourth-order valence-corrected chi connectivity index (χ4v) is 0.525. The van der Waals surface area contributed by atoms with Gasteiger partial charge in [-0.15, -0.1) is 0 Å². The molecule has 2 N–H and O–H groups in total. The van der Waals surface area contributed by atoms with Crippen LogP contribution in [-0.4, -0.2) is 30.5 Å². The van der Waals surface area contributed by atoms with E-state index in [1.54, 1.807) is 20.8 Å². The standard InChI is InChI=1S/C8H15F2NO2/c1-7(2,3)13-6(12)8(11,4-9)5-10/h4-5,11H2,1-3H3. The Hall–Kier alpha value is -0.710. The van der Waals surface area contributed by atoms with Gasteiger partial charge in [0.05, 0.1) is 0 Å². The number of alkyl halides is 2. The molecule has 0 fully saturated rings. The number of esters is 1. The quantitative estimate of drug-likeness (QED) is 0.682. The molecular formula is C8H15F2NO2. The molecule has 0 aliphatic rings. The molecule has 0 amide bonds. The normalized spacial score (nSPS) is 12.8. The minimum atomic E-state index is -2.15. The van der Waals surface area contributed by atoms with Gasteiger partial charge in [0.15, 0.2) is 5.54 Å². The van der Waals surface area contributed by atoms with Gasteiger partial charge in [-0.05, 0) is 20.8 Å². The van der Waals surface area contributed by atoms with Gasteiger partial charge in [0.1, 0.15) is 19.0 Å². The molecule has 0 heterocycles. The van der Waals surface area contributed by atoms with E-state index in [0.717, 1.165) is 0 Å². The molecule has 0 spiro atoms. The van der Waals surface area contributed by atoms with Crippen molar-refractivity contribution < 1.29 is 18.3 Å². The molecule has 0 aliphatic carbocycles. The highest BCUT2D eigenvalue weighted by Crippen LogP contribution is 2.13. The molecule has 0 aromatic rings. The van der Waals surface area contributed by atoms with E-state index >= 15 is 0 Å². The number of rotatable bonds is 3. The Morgan fingerprint density at radius 1 is 1.31 bits per heavy atom. The summed E-state index contributed by atoms with van der Waals surface area (Å²) in [5.41, 5.74) is 2.19. The van der Waals surface area contributed by atoms with Gasteiger partial charge in [0, 0.05) is 0 Å². The Kier molecular flexibility index (Phi) is 3.78. The van der Waals surface area contributed by atoms with Crippen molar-refractivity contribution in [2.24, 2.45) is 5.73 Å². The van der Waals surface area contributed by atoms with Crippen LogP contribution < -0.4 is 5.73 Å². The monoisotopic (exact) mass is 195 g/mol. The molecule has 13 heavy (non-hydrogen) atoms. The summed E-state index contributed by atoms with van der Waals surface area (Å²) in [6, 6.07) is 0. The molecule has 3 nitrogen and oxygen atoms in total. The molecule has 0 saturated carbocycles. The number of nitrogens with two attached hydrogens (primary N) is 1. The lowest BCUT2D eigenvalue weighted by molar-refractivity contribution is -0.163. The molecule has 0 aromatic heterocycles. The number of halogens is 2. The van der Waals surface area contributed by atoms with Crippen LogP contribution in [0.1, 0.15) is 20.8 Å². The van der Waals surface area contributed by atoms with Crippen molar-refractivity contribution in [2.45, 2.75) is 31.9 Å². The van der Waals surface area contributed by atoms with E-state index in [-0.39, 0.29) is 0 Å². The van der Waals surface area contributed by atoms with Gasteiger partial charge < -0.3 is 10.5 Å². The third-order valence-corrected chi connectivity index (χ3v) is 1.28. The van der Waals surface area contributed by atoms with Gasteiger partial charge in [-0.3, -0.25) is 0 Å². The Balaban J connectivity index is 4.41. The van der Waals surface area contributed by atoms with Crippen LogP contribution in [0.5, 0.6) is 0 Å². The van der Waals surface area contributed by atoms with E-state index < -0.39 is 30.5 Å². The summed E-state index contributed by atoms with van der Waals surface area (Å²) >= 11 is 0. The maximum atomic E-state index is 12.2. The summed E-state index contributed by atoms with van der Waals surface area (Å²) in [5.74, 6) is -1.05. The molecule has 0 atom stereocenters. The van der Waals surface area contributed by atoms with Crippen molar-refractivity contribution in [1.29, 1.82) is 0 Å². The number of carbonyl (C=O) groups is 1. The Labute approximate surface area is 76.2 Å². The van der Waals surface area contributed by atoms with Gasteiger partial charge in [-0.25, -0.2) is 13.6 Å². The lowest BCUT2D eigenvalue weighted by atomic mass is 10.1. The van der Waals surface area contributed by atoms with Gasteiger partial charge in [-0.2, -0.15) is 0 Å². The molecule has 78 valence electrons. The number of hydrogen-bond donors (Lipinski definition) is 1. The van der Waals surface area contributed by atoms with E-state index in [0.29, 0.717) is 0 Å². The fraction of sp³-hybridized carbons (Fsp3) is 0.875. The second-order valence-corrected chi connectivity index (χ2v) is 3.93. The predicted molar refractivity (Wildman–Crippen MR) is 44.7 cm³/mol. The molecule has 0 bridgehead atoms. The zero-order valence-electron chi connectivity index (χ0n) is 8.06. The molecule has 0 aliphatic heterocycles. The topological polar surface area (TPSA) is 52.3 Å². The number of ether oxygens (including phenoxy) is 1. The van der Waals surface area contributed by atoms with Crippen LogP contribution in [0.3, 0.4) is 0 Å². The van der Waals surface area contributed by atoms with Crippen molar-refractivity contribution in [1.82, 2.24) is 0 Å². The van der Waals surface area contributed by atoms with Crippen molar-refractivity contribution in [3.63, 3.8) is 0 Å². The summed E-state index contributed by atoms with van der Waals surface area (Å²) in [6.45, 7) is 2.27. The highest BCUT2D eigenvalue weighted by atomic mass is 19.1. The highest BCUT2D eigenvalue weighted by molar-refractivity contribution is 5.81. The third kappa shape index (κ3) is 3.67. The Morgan fingerprint density at radius 3 is 1.92 bits per heavy atom. The summed E-state index contributed by atoms with van der Waals surface area (Å²) in [5, 5.41) is 0. The molecular weight excluding hydrogens is 180 g/mol.